The van der Waals surface area contributed by atoms with Crippen molar-refractivity contribution in [1.82, 2.24) is 14.5 Å². The molecule has 1 aliphatic heterocycles. The van der Waals surface area contributed by atoms with E-state index in [2.05, 4.69) is 14.5 Å². The quantitative estimate of drug-likeness (QED) is 0.848. The van der Waals surface area contributed by atoms with Gasteiger partial charge in [0.15, 0.2) is 0 Å². The summed E-state index contributed by atoms with van der Waals surface area (Å²) in [5, 5.41) is 9.14. The third-order valence-corrected chi connectivity index (χ3v) is 3.65. The van der Waals surface area contributed by atoms with Crippen LogP contribution in [0.1, 0.15) is 19.2 Å². The highest BCUT2D eigenvalue weighted by Crippen LogP contribution is 2.29. The molecule has 0 spiro atoms. The van der Waals surface area contributed by atoms with Crippen molar-refractivity contribution in [3.05, 3.63) is 18.2 Å². The number of hydrogen-bond donors (Lipinski definition) is 1. The second-order valence-electron chi connectivity index (χ2n) is 5.06. The Kier molecular flexibility index (Phi) is 3.19. The minimum absolute atomic E-state index is 0.565. The van der Waals surface area contributed by atoms with E-state index in [0.29, 0.717) is 6.54 Å². The summed E-state index contributed by atoms with van der Waals surface area (Å²) in [4.78, 5) is 17.5. The molecule has 1 aliphatic rings. The molecule has 0 radical (unpaired) electrons. The third-order valence-electron chi connectivity index (χ3n) is 3.65. The maximum atomic E-state index is 11.1. The second-order valence-corrected chi connectivity index (χ2v) is 5.06. The summed E-state index contributed by atoms with van der Waals surface area (Å²) in [6, 6.07) is 0. The van der Waals surface area contributed by atoms with Crippen molar-refractivity contribution in [3.63, 3.8) is 0 Å². The molecule has 0 saturated carbocycles. The molecule has 1 aromatic rings. The van der Waals surface area contributed by atoms with Crippen molar-refractivity contribution in [2.45, 2.75) is 26.8 Å². The second kappa shape index (κ2) is 4.49. The first kappa shape index (κ1) is 12.1. The number of carboxylic acid groups (broad SMARTS) is 1. The maximum Gasteiger partial charge on any atom is 0.310 e. The van der Waals surface area contributed by atoms with Gasteiger partial charge in [-0.1, -0.05) is 0 Å². The summed E-state index contributed by atoms with van der Waals surface area (Å²) >= 11 is 0. The van der Waals surface area contributed by atoms with Gasteiger partial charge in [-0.05, 0) is 26.8 Å². The van der Waals surface area contributed by atoms with Gasteiger partial charge in [0.2, 0.25) is 0 Å². The van der Waals surface area contributed by atoms with Crippen LogP contribution in [0.4, 0.5) is 0 Å². The molecular weight excluding hydrogens is 218 g/mol. The zero-order chi connectivity index (χ0) is 12.5. The SMILES string of the molecule is Cc1nccn1CCN1CCC(C)(C(=O)O)C1. The lowest BCUT2D eigenvalue weighted by atomic mass is 9.90. The first-order chi connectivity index (χ1) is 8.01. The Morgan fingerprint density at radius 3 is 2.88 bits per heavy atom. The van der Waals surface area contributed by atoms with E-state index in [1.165, 1.54) is 0 Å². The van der Waals surface area contributed by atoms with Gasteiger partial charge in [0.05, 0.1) is 5.41 Å². The largest absolute Gasteiger partial charge is 0.481 e. The first-order valence-corrected chi connectivity index (χ1v) is 5.95. The number of aliphatic carboxylic acids is 1. The standard InChI is InChI=1S/C12H19N3O2/c1-10-13-4-6-15(10)8-7-14-5-3-12(2,9-14)11(16)17/h4,6H,3,5,7-9H2,1-2H3,(H,16,17). The highest BCUT2D eigenvalue weighted by Gasteiger charge is 2.39. The molecule has 1 N–H and O–H groups in total. The van der Waals surface area contributed by atoms with Crippen molar-refractivity contribution in [3.8, 4) is 0 Å². The van der Waals surface area contributed by atoms with Crippen LogP contribution in [0.3, 0.4) is 0 Å². The lowest BCUT2D eigenvalue weighted by Crippen LogP contribution is -2.33. The van der Waals surface area contributed by atoms with Gasteiger partial charge in [-0.3, -0.25) is 4.79 Å². The Morgan fingerprint density at radius 2 is 2.35 bits per heavy atom. The molecule has 1 fully saturated rings. The van der Waals surface area contributed by atoms with Crippen LogP contribution in [0, 0.1) is 12.3 Å². The van der Waals surface area contributed by atoms with Crippen LogP contribution in [0.5, 0.6) is 0 Å². The summed E-state index contributed by atoms with van der Waals surface area (Å²) in [6.45, 7) is 7.09. The molecule has 94 valence electrons. The van der Waals surface area contributed by atoms with Crippen molar-refractivity contribution < 1.29 is 9.90 Å². The Bertz CT molecular complexity index is 416. The van der Waals surface area contributed by atoms with E-state index in [1.807, 2.05) is 20.0 Å². The fraction of sp³-hybridized carbons (Fsp3) is 0.667. The lowest BCUT2D eigenvalue weighted by molar-refractivity contribution is -0.147. The predicted octanol–water partition coefficient (Wildman–Crippen LogP) is 0.988. The van der Waals surface area contributed by atoms with Gasteiger partial charge < -0.3 is 14.6 Å². The van der Waals surface area contributed by atoms with E-state index in [1.54, 1.807) is 6.20 Å². The van der Waals surface area contributed by atoms with Crippen LogP contribution in [-0.4, -0.2) is 45.2 Å². The molecule has 0 aliphatic carbocycles. The molecule has 5 heteroatoms. The predicted molar refractivity (Wildman–Crippen MR) is 63.8 cm³/mol. The number of aryl methyl sites for hydroxylation is 1. The summed E-state index contributed by atoms with van der Waals surface area (Å²) in [5.41, 5.74) is -0.565. The number of carboxylic acids is 1. The number of aromatic nitrogens is 2. The Labute approximate surface area is 101 Å². The first-order valence-electron chi connectivity index (χ1n) is 5.95. The Balaban J connectivity index is 1.87. The molecule has 1 atom stereocenters. The summed E-state index contributed by atoms with van der Waals surface area (Å²) < 4.78 is 2.09. The van der Waals surface area contributed by atoms with Crippen molar-refractivity contribution in [2.75, 3.05) is 19.6 Å². The topological polar surface area (TPSA) is 58.4 Å². The van der Waals surface area contributed by atoms with Crippen LogP contribution in [-0.2, 0) is 11.3 Å². The normalized spacial score (nSPS) is 25.3. The zero-order valence-corrected chi connectivity index (χ0v) is 10.4. The van der Waals surface area contributed by atoms with Crippen molar-refractivity contribution in [1.29, 1.82) is 0 Å². The van der Waals surface area contributed by atoms with E-state index >= 15 is 0 Å². The third kappa shape index (κ3) is 2.49. The van der Waals surface area contributed by atoms with Gasteiger partial charge in [-0.2, -0.15) is 0 Å². The van der Waals surface area contributed by atoms with E-state index < -0.39 is 11.4 Å². The molecule has 5 nitrogen and oxygen atoms in total. The van der Waals surface area contributed by atoms with Gasteiger partial charge >= 0.3 is 5.97 Å². The highest BCUT2D eigenvalue weighted by molar-refractivity contribution is 5.74. The molecule has 0 bridgehead atoms. The van der Waals surface area contributed by atoms with Gasteiger partial charge in [-0.15, -0.1) is 0 Å². The van der Waals surface area contributed by atoms with Gasteiger partial charge in [0.25, 0.3) is 0 Å². The van der Waals surface area contributed by atoms with E-state index in [4.69, 9.17) is 5.11 Å². The molecule has 1 saturated heterocycles. The average Bonchev–Trinajstić information content (AvgIpc) is 2.83. The van der Waals surface area contributed by atoms with Crippen molar-refractivity contribution in [2.24, 2.45) is 5.41 Å². The fourth-order valence-corrected chi connectivity index (χ4v) is 2.31. The monoisotopic (exact) mass is 237 g/mol. The molecule has 1 unspecified atom stereocenters. The van der Waals surface area contributed by atoms with Crippen molar-refractivity contribution >= 4 is 5.97 Å². The minimum atomic E-state index is -0.682. The van der Waals surface area contributed by atoms with Gasteiger partial charge in [0.1, 0.15) is 5.82 Å². The molecule has 0 amide bonds. The van der Waals surface area contributed by atoms with Gasteiger partial charge in [0, 0.05) is 32.0 Å². The molecule has 2 rings (SSSR count). The van der Waals surface area contributed by atoms with Crippen LogP contribution in [0.2, 0.25) is 0 Å². The number of imidazole rings is 1. The van der Waals surface area contributed by atoms with E-state index in [9.17, 15) is 4.79 Å². The van der Waals surface area contributed by atoms with Crippen LogP contribution < -0.4 is 0 Å². The maximum absolute atomic E-state index is 11.1. The molecular formula is C12H19N3O2. The number of nitrogens with zero attached hydrogens (tertiary/aromatic N) is 3. The van der Waals surface area contributed by atoms with Gasteiger partial charge in [-0.25, -0.2) is 4.98 Å². The van der Waals surface area contributed by atoms with Crippen LogP contribution in [0.25, 0.3) is 0 Å². The molecule has 17 heavy (non-hydrogen) atoms. The van der Waals surface area contributed by atoms with Crippen LogP contribution in [0.15, 0.2) is 12.4 Å². The average molecular weight is 237 g/mol. The summed E-state index contributed by atoms with van der Waals surface area (Å²) in [7, 11) is 0. The highest BCUT2D eigenvalue weighted by atomic mass is 16.4. The van der Waals surface area contributed by atoms with Crippen LogP contribution >= 0.6 is 0 Å². The summed E-state index contributed by atoms with van der Waals surface area (Å²) in [5.74, 6) is 0.323. The smallest absolute Gasteiger partial charge is 0.310 e. The Morgan fingerprint density at radius 1 is 1.59 bits per heavy atom. The zero-order valence-electron chi connectivity index (χ0n) is 10.4. The molecule has 0 aromatic carbocycles. The lowest BCUT2D eigenvalue weighted by Gasteiger charge is -2.20. The fourth-order valence-electron chi connectivity index (χ4n) is 2.31. The molecule has 1 aromatic heterocycles. The Hall–Kier alpha value is -1.36. The number of likely N-dealkylation sites (tertiary alicyclic amines) is 1. The molecule has 2 heterocycles. The number of hydrogen-bond acceptors (Lipinski definition) is 3. The minimum Gasteiger partial charge on any atom is -0.481 e. The number of carbonyl (C=O) groups is 1. The van der Waals surface area contributed by atoms with E-state index in [0.717, 1.165) is 31.9 Å². The summed E-state index contributed by atoms with van der Waals surface area (Å²) in [6.07, 6.45) is 4.49. The number of rotatable bonds is 4. The van der Waals surface area contributed by atoms with E-state index in [-0.39, 0.29) is 0 Å².